The summed E-state index contributed by atoms with van der Waals surface area (Å²) in [5.74, 6) is -0.399. The zero-order valence-corrected chi connectivity index (χ0v) is 13.3. The molecule has 1 aromatic heterocycles. The number of carbonyl (C=O) groups is 2. The maximum atomic E-state index is 12.7. The molecule has 2 aliphatic heterocycles. The van der Waals surface area contributed by atoms with Crippen molar-refractivity contribution in [1.29, 1.82) is 0 Å². The van der Waals surface area contributed by atoms with E-state index in [-0.39, 0.29) is 30.3 Å². The molecule has 2 fully saturated rings. The summed E-state index contributed by atoms with van der Waals surface area (Å²) >= 11 is 4.89. The van der Waals surface area contributed by atoms with Gasteiger partial charge < -0.3 is 10.0 Å². The van der Waals surface area contributed by atoms with Gasteiger partial charge in [0.05, 0.1) is 0 Å². The fraction of sp³-hybridized carbons (Fsp3) is 0.571. The van der Waals surface area contributed by atoms with Crippen LogP contribution in [0.2, 0.25) is 0 Å². The number of fused-ring (bicyclic) bond motifs is 2. The van der Waals surface area contributed by atoms with E-state index in [2.05, 4.69) is 15.9 Å². The van der Waals surface area contributed by atoms with Crippen LogP contribution in [0.4, 0.5) is 0 Å². The third kappa shape index (κ3) is 2.51. The quantitative estimate of drug-likeness (QED) is 0.901. The second kappa shape index (κ2) is 5.48. The Bertz CT molecular complexity index is 530. The van der Waals surface area contributed by atoms with E-state index in [1.807, 2.05) is 16.3 Å². The van der Waals surface area contributed by atoms with Gasteiger partial charge in [-0.25, -0.2) is 0 Å². The van der Waals surface area contributed by atoms with E-state index in [4.69, 9.17) is 5.11 Å². The molecule has 6 heteroatoms. The molecular formula is C14H16BrNO3S. The van der Waals surface area contributed by atoms with Gasteiger partial charge in [0.1, 0.15) is 4.88 Å². The number of piperidine rings is 1. The molecule has 2 bridgehead atoms. The molecule has 108 valence electrons. The van der Waals surface area contributed by atoms with Crippen LogP contribution in [0.15, 0.2) is 15.9 Å². The van der Waals surface area contributed by atoms with Crippen molar-refractivity contribution in [2.24, 2.45) is 5.92 Å². The molecule has 2 atom stereocenters. The lowest BCUT2D eigenvalue weighted by atomic mass is 9.88. The maximum absolute atomic E-state index is 12.7. The van der Waals surface area contributed by atoms with Gasteiger partial charge >= 0.3 is 5.97 Å². The number of thiophene rings is 1. The van der Waals surface area contributed by atoms with Gasteiger partial charge in [-0.2, -0.15) is 0 Å². The van der Waals surface area contributed by atoms with Crippen molar-refractivity contribution >= 4 is 39.1 Å². The van der Waals surface area contributed by atoms with Gasteiger partial charge in [-0.15, -0.1) is 11.3 Å². The predicted molar refractivity (Wildman–Crippen MR) is 80.0 cm³/mol. The summed E-state index contributed by atoms with van der Waals surface area (Å²) in [4.78, 5) is 26.3. The molecule has 1 aromatic rings. The van der Waals surface area contributed by atoms with E-state index in [1.54, 1.807) is 0 Å². The summed E-state index contributed by atoms with van der Waals surface area (Å²) in [7, 11) is 0. The van der Waals surface area contributed by atoms with Crippen LogP contribution in [0, 0.1) is 5.92 Å². The van der Waals surface area contributed by atoms with Gasteiger partial charge in [0.15, 0.2) is 0 Å². The van der Waals surface area contributed by atoms with E-state index in [0.29, 0.717) is 0 Å². The molecule has 1 N–H and O–H groups in total. The highest BCUT2D eigenvalue weighted by molar-refractivity contribution is 9.10. The Morgan fingerprint density at radius 3 is 2.50 bits per heavy atom. The number of carboxylic acid groups (broad SMARTS) is 1. The van der Waals surface area contributed by atoms with Crippen molar-refractivity contribution < 1.29 is 14.7 Å². The molecule has 0 saturated carbocycles. The SMILES string of the molecule is O=C(O)CC1CC2CCC(C1)N2C(=O)c1sccc1Br. The van der Waals surface area contributed by atoms with E-state index < -0.39 is 5.97 Å². The van der Waals surface area contributed by atoms with Gasteiger partial charge in [-0.1, -0.05) is 0 Å². The first-order chi connectivity index (χ1) is 9.56. The van der Waals surface area contributed by atoms with Crippen LogP contribution >= 0.6 is 27.3 Å². The molecule has 0 aliphatic carbocycles. The van der Waals surface area contributed by atoms with Gasteiger partial charge in [0, 0.05) is 23.0 Å². The number of carboxylic acids is 1. The average molecular weight is 358 g/mol. The Hall–Kier alpha value is -0.880. The molecule has 0 aromatic carbocycles. The van der Waals surface area contributed by atoms with Crippen LogP contribution in [0.25, 0.3) is 0 Å². The fourth-order valence-electron chi connectivity index (χ4n) is 3.60. The summed E-state index contributed by atoms with van der Waals surface area (Å²) in [6.45, 7) is 0. The minimum Gasteiger partial charge on any atom is -0.481 e. The number of hydrogen-bond acceptors (Lipinski definition) is 3. The fourth-order valence-corrected chi connectivity index (χ4v) is 5.08. The first-order valence-corrected chi connectivity index (χ1v) is 8.51. The Morgan fingerprint density at radius 1 is 1.35 bits per heavy atom. The van der Waals surface area contributed by atoms with Gasteiger partial charge in [-0.05, 0) is 59.0 Å². The normalized spacial score (nSPS) is 28.6. The molecular weight excluding hydrogens is 342 g/mol. The Morgan fingerprint density at radius 2 is 2.00 bits per heavy atom. The predicted octanol–water partition coefficient (Wildman–Crippen LogP) is 3.37. The average Bonchev–Trinajstić information content (AvgIpc) is 2.90. The Balaban J connectivity index is 1.76. The third-order valence-electron chi connectivity index (χ3n) is 4.34. The van der Waals surface area contributed by atoms with Crippen LogP contribution in [0.1, 0.15) is 41.8 Å². The second-order valence-electron chi connectivity index (χ2n) is 5.63. The monoisotopic (exact) mass is 357 g/mol. The smallest absolute Gasteiger partial charge is 0.303 e. The van der Waals surface area contributed by atoms with Crippen LogP contribution in [-0.2, 0) is 4.79 Å². The summed E-state index contributed by atoms with van der Waals surface area (Å²) in [5.41, 5.74) is 0. The number of nitrogens with zero attached hydrogens (tertiary/aromatic N) is 1. The molecule has 0 spiro atoms. The van der Waals surface area contributed by atoms with Crippen LogP contribution in [0.5, 0.6) is 0 Å². The number of aliphatic carboxylic acids is 1. The lowest BCUT2D eigenvalue weighted by Gasteiger charge is -2.38. The lowest BCUT2D eigenvalue weighted by molar-refractivity contribution is -0.138. The van der Waals surface area contributed by atoms with Gasteiger partial charge in [0.25, 0.3) is 5.91 Å². The van der Waals surface area contributed by atoms with E-state index >= 15 is 0 Å². The number of rotatable bonds is 3. The van der Waals surface area contributed by atoms with Crippen molar-refractivity contribution in [3.63, 3.8) is 0 Å². The largest absolute Gasteiger partial charge is 0.481 e. The molecule has 3 heterocycles. The highest BCUT2D eigenvalue weighted by atomic mass is 79.9. The minimum absolute atomic E-state index is 0.105. The van der Waals surface area contributed by atoms with Crippen LogP contribution < -0.4 is 0 Å². The summed E-state index contributed by atoms with van der Waals surface area (Å²) in [5, 5.41) is 10.8. The number of hydrogen-bond donors (Lipinski definition) is 1. The number of carbonyl (C=O) groups excluding carboxylic acids is 1. The molecule has 2 aliphatic rings. The summed E-state index contributed by atoms with van der Waals surface area (Å²) < 4.78 is 0.861. The molecule has 4 nitrogen and oxygen atoms in total. The zero-order valence-electron chi connectivity index (χ0n) is 10.9. The zero-order chi connectivity index (χ0) is 14.3. The second-order valence-corrected chi connectivity index (χ2v) is 7.40. The lowest BCUT2D eigenvalue weighted by Crippen LogP contribution is -2.46. The van der Waals surface area contributed by atoms with E-state index in [9.17, 15) is 9.59 Å². The molecule has 3 rings (SSSR count). The van der Waals surface area contributed by atoms with Crippen LogP contribution in [0.3, 0.4) is 0 Å². The standard InChI is InChI=1S/C14H16BrNO3S/c15-11-3-4-20-13(11)14(19)16-9-1-2-10(16)6-8(5-9)7-12(17)18/h3-4,8-10H,1-2,5-7H2,(H,17,18). The topological polar surface area (TPSA) is 57.6 Å². The molecule has 20 heavy (non-hydrogen) atoms. The van der Waals surface area contributed by atoms with Crippen molar-refractivity contribution in [3.8, 4) is 0 Å². The van der Waals surface area contributed by atoms with Crippen LogP contribution in [-0.4, -0.2) is 34.0 Å². The van der Waals surface area contributed by atoms with Gasteiger partial charge in [0.2, 0.25) is 0 Å². The molecule has 0 radical (unpaired) electrons. The van der Waals surface area contributed by atoms with Crippen molar-refractivity contribution in [2.45, 2.75) is 44.2 Å². The van der Waals surface area contributed by atoms with Gasteiger partial charge in [-0.3, -0.25) is 9.59 Å². The molecule has 2 saturated heterocycles. The highest BCUT2D eigenvalue weighted by Gasteiger charge is 2.44. The van der Waals surface area contributed by atoms with E-state index in [1.165, 1.54) is 11.3 Å². The van der Waals surface area contributed by atoms with Crippen molar-refractivity contribution in [3.05, 3.63) is 20.8 Å². The third-order valence-corrected chi connectivity index (χ3v) is 6.17. The molecule has 1 amide bonds. The Labute approximate surface area is 129 Å². The van der Waals surface area contributed by atoms with E-state index in [0.717, 1.165) is 35.0 Å². The molecule has 2 unspecified atom stereocenters. The number of halogens is 1. The Kier molecular flexibility index (Phi) is 3.86. The maximum Gasteiger partial charge on any atom is 0.303 e. The highest BCUT2D eigenvalue weighted by Crippen LogP contribution is 2.41. The first kappa shape index (κ1) is 14.1. The van der Waals surface area contributed by atoms with Crippen molar-refractivity contribution in [1.82, 2.24) is 4.90 Å². The number of amides is 1. The summed E-state index contributed by atoms with van der Waals surface area (Å²) in [6.07, 6.45) is 3.91. The minimum atomic E-state index is -0.727. The van der Waals surface area contributed by atoms with Crippen molar-refractivity contribution in [2.75, 3.05) is 0 Å². The summed E-state index contributed by atoms with van der Waals surface area (Å²) in [6, 6.07) is 2.34. The first-order valence-electron chi connectivity index (χ1n) is 6.83.